The Kier molecular flexibility index (Phi) is 5.02. The second-order valence-electron chi connectivity index (χ2n) is 4.39. The fourth-order valence-corrected chi connectivity index (χ4v) is 6.03. The van der Waals surface area contributed by atoms with Gasteiger partial charge in [-0.25, -0.2) is 8.42 Å². The number of thiophene rings is 1. The fourth-order valence-electron chi connectivity index (χ4n) is 2.10. The molecule has 5 nitrogen and oxygen atoms in total. The average Bonchev–Trinajstić information content (AvgIpc) is 2.81. The van der Waals surface area contributed by atoms with Crippen molar-refractivity contribution in [3.8, 4) is 0 Å². The van der Waals surface area contributed by atoms with E-state index in [1.165, 1.54) is 11.3 Å². The highest BCUT2D eigenvalue weighted by molar-refractivity contribution is 9.11. The molecule has 0 aliphatic carbocycles. The lowest BCUT2D eigenvalue weighted by Gasteiger charge is -2.33. The van der Waals surface area contributed by atoms with E-state index in [1.54, 1.807) is 10.4 Å². The molecule has 2 heterocycles. The van der Waals surface area contributed by atoms with Crippen LogP contribution in [-0.4, -0.2) is 50.3 Å². The second kappa shape index (κ2) is 6.19. The first-order chi connectivity index (χ1) is 8.98. The summed E-state index contributed by atoms with van der Waals surface area (Å²) in [5.74, 6) is 0. The lowest BCUT2D eigenvalue weighted by Crippen LogP contribution is -2.48. The van der Waals surface area contributed by atoms with Crippen LogP contribution in [0.2, 0.25) is 0 Å². The predicted molar refractivity (Wildman–Crippen MR) is 80.8 cm³/mol. The largest absolute Gasteiger partial charge is 0.326 e. The van der Waals surface area contributed by atoms with Gasteiger partial charge in [-0.2, -0.15) is 4.31 Å². The third-order valence-corrected chi connectivity index (χ3v) is 7.48. The Hall–Kier alpha value is 0.01000. The van der Waals surface area contributed by atoms with Gasteiger partial charge in [0.25, 0.3) is 0 Å². The predicted octanol–water partition coefficient (Wildman–Crippen LogP) is 1.30. The fraction of sp³-hybridized carbons (Fsp3) is 0.636. The lowest BCUT2D eigenvalue weighted by molar-refractivity contribution is 0.196. The summed E-state index contributed by atoms with van der Waals surface area (Å²) in [6.07, 6.45) is 0. The van der Waals surface area contributed by atoms with Crippen LogP contribution in [0, 0.1) is 0 Å². The number of likely N-dealkylation sites (N-methyl/N-ethyl adjacent to an activating group) is 1. The Balaban J connectivity index is 2.20. The molecule has 19 heavy (non-hydrogen) atoms. The van der Waals surface area contributed by atoms with Crippen LogP contribution in [0.25, 0.3) is 0 Å². The van der Waals surface area contributed by atoms with Crippen molar-refractivity contribution in [2.75, 3.05) is 32.7 Å². The van der Waals surface area contributed by atoms with Crippen LogP contribution >= 0.6 is 27.3 Å². The minimum Gasteiger partial charge on any atom is -0.326 e. The Bertz CT molecular complexity index is 536. The smallest absolute Gasteiger partial charge is 0.245 e. The maximum atomic E-state index is 12.6. The summed E-state index contributed by atoms with van der Waals surface area (Å²) in [5.41, 5.74) is 5.56. The summed E-state index contributed by atoms with van der Waals surface area (Å²) in [7, 11) is -3.40. The Morgan fingerprint density at radius 3 is 2.47 bits per heavy atom. The Morgan fingerprint density at radius 2 is 2.00 bits per heavy atom. The van der Waals surface area contributed by atoms with E-state index < -0.39 is 10.0 Å². The zero-order chi connectivity index (χ0) is 14.0. The first kappa shape index (κ1) is 15.4. The molecular formula is C11H18BrN3O2S2. The first-order valence-electron chi connectivity index (χ1n) is 6.19. The standard InChI is InChI=1S/C11H18BrN3O2S2/c1-2-14-3-5-15(6-4-14)19(16,17)10-7-9(8-13)18-11(10)12/h7H,2-6,8,13H2,1H3. The van der Waals surface area contributed by atoms with Crippen LogP contribution in [-0.2, 0) is 16.6 Å². The van der Waals surface area contributed by atoms with Crippen molar-refractivity contribution in [3.63, 3.8) is 0 Å². The molecule has 0 saturated carbocycles. The zero-order valence-electron chi connectivity index (χ0n) is 10.8. The number of hydrogen-bond donors (Lipinski definition) is 1. The van der Waals surface area contributed by atoms with Gasteiger partial charge in [0.15, 0.2) is 0 Å². The monoisotopic (exact) mass is 367 g/mol. The molecule has 0 radical (unpaired) electrons. The SMILES string of the molecule is CCN1CCN(S(=O)(=O)c2cc(CN)sc2Br)CC1. The number of nitrogens with zero attached hydrogens (tertiary/aromatic N) is 2. The van der Waals surface area contributed by atoms with E-state index in [0.29, 0.717) is 28.3 Å². The third-order valence-electron chi connectivity index (χ3n) is 3.30. The molecule has 1 aromatic heterocycles. The highest BCUT2D eigenvalue weighted by Gasteiger charge is 2.30. The van der Waals surface area contributed by atoms with Gasteiger partial charge in [0.1, 0.15) is 4.90 Å². The summed E-state index contributed by atoms with van der Waals surface area (Å²) in [6.45, 7) is 6.11. The molecular weight excluding hydrogens is 350 g/mol. The minimum atomic E-state index is -3.40. The number of nitrogens with two attached hydrogens (primary N) is 1. The molecule has 0 spiro atoms. The van der Waals surface area contributed by atoms with Gasteiger partial charge in [-0.05, 0) is 28.5 Å². The van der Waals surface area contributed by atoms with Crippen molar-refractivity contribution in [2.45, 2.75) is 18.4 Å². The van der Waals surface area contributed by atoms with Gasteiger partial charge in [-0.3, -0.25) is 0 Å². The first-order valence-corrected chi connectivity index (χ1v) is 9.24. The van der Waals surface area contributed by atoms with Crippen molar-refractivity contribution in [1.29, 1.82) is 0 Å². The van der Waals surface area contributed by atoms with E-state index >= 15 is 0 Å². The molecule has 1 aliphatic heterocycles. The van der Waals surface area contributed by atoms with Crippen LogP contribution in [0.4, 0.5) is 0 Å². The van der Waals surface area contributed by atoms with Crippen LogP contribution in [0.5, 0.6) is 0 Å². The molecule has 108 valence electrons. The van der Waals surface area contributed by atoms with E-state index in [-0.39, 0.29) is 0 Å². The van der Waals surface area contributed by atoms with Crippen LogP contribution < -0.4 is 5.73 Å². The molecule has 2 N–H and O–H groups in total. The molecule has 0 amide bonds. The van der Waals surface area contributed by atoms with Crippen molar-refractivity contribution in [2.24, 2.45) is 5.73 Å². The summed E-state index contributed by atoms with van der Waals surface area (Å²) in [6, 6.07) is 1.68. The number of piperazine rings is 1. The molecule has 0 atom stereocenters. The maximum absolute atomic E-state index is 12.6. The van der Waals surface area contributed by atoms with E-state index in [9.17, 15) is 8.42 Å². The zero-order valence-corrected chi connectivity index (χ0v) is 14.0. The maximum Gasteiger partial charge on any atom is 0.245 e. The van der Waals surface area contributed by atoms with Crippen molar-refractivity contribution < 1.29 is 8.42 Å². The molecule has 1 aliphatic rings. The van der Waals surface area contributed by atoms with E-state index in [1.807, 2.05) is 0 Å². The molecule has 1 saturated heterocycles. The van der Waals surface area contributed by atoms with Crippen molar-refractivity contribution in [3.05, 3.63) is 14.7 Å². The molecule has 1 fully saturated rings. The van der Waals surface area contributed by atoms with Gasteiger partial charge in [0, 0.05) is 37.6 Å². The van der Waals surface area contributed by atoms with Crippen molar-refractivity contribution >= 4 is 37.3 Å². The summed E-state index contributed by atoms with van der Waals surface area (Å²) in [4.78, 5) is 3.47. The molecule has 2 rings (SSSR count). The molecule has 0 unspecified atom stereocenters. The normalized spacial score (nSPS) is 18.9. The third kappa shape index (κ3) is 3.20. The van der Waals surface area contributed by atoms with Gasteiger partial charge < -0.3 is 10.6 Å². The van der Waals surface area contributed by atoms with Crippen molar-refractivity contribution in [1.82, 2.24) is 9.21 Å². The minimum absolute atomic E-state index is 0.350. The quantitative estimate of drug-likeness (QED) is 0.870. The highest BCUT2D eigenvalue weighted by Crippen LogP contribution is 2.33. The van der Waals surface area contributed by atoms with Crippen LogP contribution in [0.15, 0.2) is 14.7 Å². The average molecular weight is 368 g/mol. The summed E-state index contributed by atoms with van der Waals surface area (Å²) < 4.78 is 27.4. The lowest BCUT2D eigenvalue weighted by atomic mass is 10.4. The number of halogens is 1. The van der Waals surface area contributed by atoms with Gasteiger partial charge >= 0.3 is 0 Å². The van der Waals surface area contributed by atoms with E-state index in [4.69, 9.17) is 5.73 Å². The molecule has 0 bridgehead atoms. The molecule has 1 aromatic rings. The van der Waals surface area contributed by atoms with Gasteiger partial charge in [0.05, 0.1) is 3.79 Å². The molecule has 0 aromatic carbocycles. The van der Waals surface area contributed by atoms with Gasteiger partial charge in [0.2, 0.25) is 10.0 Å². The number of sulfonamides is 1. The topological polar surface area (TPSA) is 66.6 Å². The van der Waals surface area contributed by atoms with Crippen LogP contribution in [0.3, 0.4) is 0 Å². The highest BCUT2D eigenvalue weighted by atomic mass is 79.9. The Morgan fingerprint density at radius 1 is 1.37 bits per heavy atom. The molecule has 8 heteroatoms. The van der Waals surface area contributed by atoms with E-state index in [0.717, 1.165) is 24.5 Å². The summed E-state index contributed by atoms with van der Waals surface area (Å²) in [5, 5.41) is 0. The summed E-state index contributed by atoms with van der Waals surface area (Å²) >= 11 is 4.72. The number of rotatable bonds is 4. The van der Waals surface area contributed by atoms with Gasteiger partial charge in [-0.1, -0.05) is 6.92 Å². The van der Waals surface area contributed by atoms with Crippen LogP contribution in [0.1, 0.15) is 11.8 Å². The second-order valence-corrected chi connectivity index (χ2v) is 8.75. The van der Waals surface area contributed by atoms with E-state index in [2.05, 4.69) is 27.8 Å². The Labute approximate surface area is 126 Å². The number of hydrogen-bond acceptors (Lipinski definition) is 5. The van der Waals surface area contributed by atoms with Gasteiger partial charge in [-0.15, -0.1) is 11.3 Å².